The van der Waals surface area contributed by atoms with Crippen LogP contribution in [0.15, 0.2) is 24.3 Å². The molecule has 0 unspecified atom stereocenters. The third kappa shape index (κ3) is 7.31. The molecule has 0 radical (unpaired) electrons. The van der Waals surface area contributed by atoms with Gasteiger partial charge >= 0.3 is 0 Å². The Morgan fingerprint density at radius 3 is 2.47 bits per heavy atom. The Bertz CT molecular complexity index is 328. The summed E-state index contributed by atoms with van der Waals surface area (Å²) < 4.78 is 11.1. The third-order valence-electron chi connectivity index (χ3n) is 3.03. The summed E-state index contributed by atoms with van der Waals surface area (Å²) in [6, 6.07) is 8.47. The molecule has 0 heterocycles. The summed E-state index contributed by atoms with van der Waals surface area (Å²) in [5, 5.41) is 3.18. The molecule has 108 valence electrons. The smallest absolute Gasteiger partial charge is 0.0720 e. The highest BCUT2D eigenvalue weighted by atomic mass is 16.5. The van der Waals surface area contributed by atoms with E-state index in [1.54, 1.807) is 0 Å². The van der Waals surface area contributed by atoms with Crippen LogP contribution in [0.3, 0.4) is 0 Å². The van der Waals surface area contributed by atoms with Crippen molar-refractivity contribution in [2.75, 3.05) is 33.4 Å². The highest BCUT2D eigenvalue weighted by Gasteiger charge is 2.01. The van der Waals surface area contributed by atoms with Gasteiger partial charge < -0.3 is 14.8 Å². The van der Waals surface area contributed by atoms with Crippen LogP contribution in [0.25, 0.3) is 0 Å². The molecule has 1 rings (SSSR count). The van der Waals surface area contributed by atoms with Crippen molar-refractivity contribution >= 4 is 0 Å². The van der Waals surface area contributed by atoms with Gasteiger partial charge in [-0.15, -0.1) is 0 Å². The second-order valence-electron chi connectivity index (χ2n) is 4.64. The van der Waals surface area contributed by atoms with E-state index in [0.717, 1.165) is 26.0 Å². The molecule has 19 heavy (non-hydrogen) atoms. The minimum atomic E-state index is 0.671. The predicted molar refractivity (Wildman–Crippen MR) is 79.5 cm³/mol. The topological polar surface area (TPSA) is 30.5 Å². The van der Waals surface area contributed by atoms with E-state index in [1.165, 1.54) is 17.5 Å². The van der Waals surface area contributed by atoms with Gasteiger partial charge in [-0.25, -0.2) is 0 Å². The van der Waals surface area contributed by atoms with Crippen molar-refractivity contribution in [1.82, 2.24) is 5.32 Å². The van der Waals surface area contributed by atoms with Gasteiger partial charge in [0.15, 0.2) is 0 Å². The number of rotatable bonds is 11. The number of likely N-dealkylation sites (N-methyl/N-ethyl adjacent to an activating group) is 1. The summed E-state index contributed by atoms with van der Waals surface area (Å²) in [6.07, 6.45) is 3.36. The Morgan fingerprint density at radius 2 is 1.74 bits per heavy atom. The molecule has 0 aliphatic carbocycles. The van der Waals surface area contributed by atoms with Crippen molar-refractivity contribution in [3.05, 3.63) is 35.4 Å². The first-order chi connectivity index (χ1) is 9.38. The number of hydrogen-bond donors (Lipinski definition) is 1. The lowest BCUT2D eigenvalue weighted by Crippen LogP contribution is -2.12. The van der Waals surface area contributed by atoms with Crippen molar-refractivity contribution in [3.8, 4) is 0 Å². The van der Waals surface area contributed by atoms with E-state index in [1.807, 2.05) is 7.05 Å². The number of nitrogens with one attached hydrogen (secondary N) is 1. The van der Waals surface area contributed by atoms with E-state index < -0.39 is 0 Å². The SMILES string of the molecule is CCCCOCCOCc1ccccc1CCNC. The quantitative estimate of drug-likeness (QED) is 0.624. The van der Waals surface area contributed by atoms with Crippen LogP contribution in [0.4, 0.5) is 0 Å². The third-order valence-corrected chi connectivity index (χ3v) is 3.03. The summed E-state index contributed by atoms with van der Waals surface area (Å²) in [5.74, 6) is 0. The van der Waals surface area contributed by atoms with Gasteiger partial charge in [0.05, 0.1) is 19.8 Å². The molecule has 1 N–H and O–H groups in total. The van der Waals surface area contributed by atoms with Gasteiger partial charge in [0.2, 0.25) is 0 Å². The average Bonchev–Trinajstić information content (AvgIpc) is 2.45. The maximum atomic E-state index is 5.68. The van der Waals surface area contributed by atoms with Crippen molar-refractivity contribution in [1.29, 1.82) is 0 Å². The number of unbranched alkanes of at least 4 members (excludes halogenated alkanes) is 1. The van der Waals surface area contributed by atoms with Gasteiger partial charge in [-0.2, -0.15) is 0 Å². The van der Waals surface area contributed by atoms with Crippen molar-refractivity contribution in [3.63, 3.8) is 0 Å². The largest absolute Gasteiger partial charge is 0.379 e. The molecule has 0 aliphatic heterocycles. The van der Waals surface area contributed by atoms with E-state index in [9.17, 15) is 0 Å². The lowest BCUT2D eigenvalue weighted by Gasteiger charge is -2.10. The van der Waals surface area contributed by atoms with Crippen LogP contribution in [-0.4, -0.2) is 33.4 Å². The number of ether oxygens (including phenoxy) is 2. The first-order valence-electron chi connectivity index (χ1n) is 7.25. The molecule has 0 bridgehead atoms. The van der Waals surface area contributed by atoms with E-state index in [4.69, 9.17) is 9.47 Å². The summed E-state index contributed by atoms with van der Waals surface area (Å²) in [4.78, 5) is 0. The highest BCUT2D eigenvalue weighted by Crippen LogP contribution is 2.10. The molecule has 0 saturated carbocycles. The fourth-order valence-corrected chi connectivity index (χ4v) is 1.85. The summed E-state index contributed by atoms with van der Waals surface area (Å²) in [7, 11) is 1.98. The molecule has 0 atom stereocenters. The molecule has 0 fully saturated rings. The Morgan fingerprint density at radius 1 is 1.00 bits per heavy atom. The van der Waals surface area contributed by atoms with Crippen LogP contribution in [0.5, 0.6) is 0 Å². The van der Waals surface area contributed by atoms with E-state index in [0.29, 0.717) is 19.8 Å². The number of hydrogen-bond acceptors (Lipinski definition) is 3. The number of benzene rings is 1. The fourth-order valence-electron chi connectivity index (χ4n) is 1.85. The summed E-state index contributed by atoms with van der Waals surface area (Å²) >= 11 is 0. The van der Waals surface area contributed by atoms with Gasteiger partial charge in [-0.05, 0) is 37.6 Å². The van der Waals surface area contributed by atoms with Gasteiger partial charge in [-0.3, -0.25) is 0 Å². The molecule has 1 aromatic rings. The van der Waals surface area contributed by atoms with Crippen molar-refractivity contribution in [2.24, 2.45) is 0 Å². The molecular formula is C16H27NO2. The highest BCUT2D eigenvalue weighted by molar-refractivity contribution is 5.26. The van der Waals surface area contributed by atoms with E-state index in [-0.39, 0.29) is 0 Å². The lowest BCUT2D eigenvalue weighted by atomic mass is 10.1. The van der Waals surface area contributed by atoms with Gasteiger partial charge in [0.25, 0.3) is 0 Å². The van der Waals surface area contributed by atoms with Crippen molar-refractivity contribution in [2.45, 2.75) is 32.8 Å². The normalized spacial score (nSPS) is 10.8. The summed E-state index contributed by atoms with van der Waals surface area (Å²) in [6.45, 7) is 6.05. The van der Waals surface area contributed by atoms with Gasteiger partial charge in [0, 0.05) is 6.61 Å². The fraction of sp³-hybridized carbons (Fsp3) is 0.625. The molecule has 0 amide bonds. The molecule has 0 aromatic heterocycles. The maximum absolute atomic E-state index is 5.68. The Kier molecular flexibility index (Phi) is 9.33. The lowest BCUT2D eigenvalue weighted by molar-refractivity contribution is 0.0394. The molecule has 3 nitrogen and oxygen atoms in total. The zero-order chi connectivity index (χ0) is 13.8. The van der Waals surface area contributed by atoms with Crippen LogP contribution in [0.1, 0.15) is 30.9 Å². The first-order valence-corrected chi connectivity index (χ1v) is 7.25. The Balaban J connectivity index is 2.21. The van der Waals surface area contributed by atoms with Crippen LogP contribution in [0, 0.1) is 0 Å². The first kappa shape index (κ1) is 16.2. The monoisotopic (exact) mass is 265 g/mol. The van der Waals surface area contributed by atoms with E-state index >= 15 is 0 Å². The van der Waals surface area contributed by atoms with Gasteiger partial charge in [0.1, 0.15) is 0 Å². The van der Waals surface area contributed by atoms with Crippen LogP contribution < -0.4 is 5.32 Å². The van der Waals surface area contributed by atoms with Crippen LogP contribution in [0.2, 0.25) is 0 Å². The van der Waals surface area contributed by atoms with Crippen LogP contribution in [-0.2, 0) is 22.5 Å². The van der Waals surface area contributed by atoms with E-state index in [2.05, 4.69) is 36.5 Å². The van der Waals surface area contributed by atoms with Crippen molar-refractivity contribution < 1.29 is 9.47 Å². The molecule has 0 saturated heterocycles. The minimum absolute atomic E-state index is 0.671. The molecule has 0 aliphatic rings. The second-order valence-corrected chi connectivity index (χ2v) is 4.64. The summed E-state index contributed by atoms with van der Waals surface area (Å²) in [5.41, 5.74) is 2.65. The Hall–Kier alpha value is -0.900. The minimum Gasteiger partial charge on any atom is -0.379 e. The van der Waals surface area contributed by atoms with Gasteiger partial charge in [-0.1, -0.05) is 37.6 Å². The van der Waals surface area contributed by atoms with Crippen LogP contribution >= 0.6 is 0 Å². The molecule has 0 spiro atoms. The zero-order valence-corrected chi connectivity index (χ0v) is 12.3. The average molecular weight is 265 g/mol. The Labute approximate surface area is 117 Å². The second kappa shape index (κ2) is 11.0. The standard InChI is InChI=1S/C16H27NO2/c1-3-4-11-18-12-13-19-14-16-8-6-5-7-15(16)9-10-17-2/h5-8,17H,3-4,9-14H2,1-2H3. The molecule has 3 heteroatoms. The maximum Gasteiger partial charge on any atom is 0.0720 e. The predicted octanol–water partition coefficient (Wildman–Crippen LogP) is 2.78. The molecule has 1 aromatic carbocycles. The zero-order valence-electron chi connectivity index (χ0n) is 12.3. The molecular weight excluding hydrogens is 238 g/mol.